The normalized spacial score (nSPS) is 12.1. The fourth-order valence-corrected chi connectivity index (χ4v) is 6.52. The molecule has 0 bridgehead atoms. The van der Waals surface area contributed by atoms with Gasteiger partial charge >= 0.3 is 0 Å². The van der Waals surface area contributed by atoms with Crippen LogP contribution in [-0.4, -0.2) is 13.0 Å². The van der Waals surface area contributed by atoms with Crippen LogP contribution in [-0.2, 0) is 23.0 Å². The Morgan fingerprint density at radius 2 is 0.950 bits per heavy atom. The van der Waals surface area contributed by atoms with Crippen LogP contribution in [0.2, 0.25) is 0 Å². The van der Waals surface area contributed by atoms with Gasteiger partial charge in [0.05, 0.1) is 4.90 Å². The summed E-state index contributed by atoms with van der Waals surface area (Å²) in [6.07, 6.45) is 37.1. The second kappa shape index (κ2) is 25.6. The van der Waals surface area contributed by atoms with Crippen molar-refractivity contribution in [3.05, 3.63) is 41.5 Å². The van der Waals surface area contributed by atoms with Gasteiger partial charge < -0.3 is 0 Å². The lowest BCUT2D eigenvalue weighted by Gasteiger charge is -2.14. The van der Waals surface area contributed by atoms with Crippen molar-refractivity contribution in [3.63, 3.8) is 0 Å². The van der Waals surface area contributed by atoms with Gasteiger partial charge in [0, 0.05) is 0 Å². The molecule has 0 saturated carbocycles. The molecular weight excluding hydrogens is 512 g/mol. The lowest BCUT2D eigenvalue weighted by atomic mass is 9.96. The van der Waals surface area contributed by atoms with Gasteiger partial charge in [0.1, 0.15) is 0 Å². The van der Waals surface area contributed by atoms with Crippen molar-refractivity contribution in [2.24, 2.45) is 0 Å². The predicted molar refractivity (Wildman–Crippen MR) is 175 cm³/mol. The van der Waals surface area contributed by atoms with Crippen molar-refractivity contribution in [2.75, 3.05) is 0 Å². The highest BCUT2D eigenvalue weighted by molar-refractivity contribution is 7.85. The maximum Gasteiger partial charge on any atom is 0.294 e. The quantitative estimate of drug-likeness (QED) is 0.0613. The maximum absolute atomic E-state index is 12.1. The Hall–Kier alpha value is -1.13. The second-order valence-electron chi connectivity index (χ2n) is 12.0. The fraction of sp³-hybridized carbons (Fsp3) is 0.778. The molecule has 0 aliphatic rings. The molecule has 0 aromatic heterocycles. The smallest absolute Gasteiger partial charge is 0.282 e. The molecule has 0 fully saturated rings. The zero-order chi connectivity index (χ0) is 29.2. The van der Waals surface area contributed by atoms with E-state index >= 15 is 0 Å². The molecule has 0 saturated heterocycles. The lowest BCUT2D eigenvalue weighted by Crippen LogP contribution is -2.07. The number of unbranched alkanes of at least 4 members (excludes halogenated alkanes) is 21. The molecule has 1 rings (SSSR count). The third-order valence-electron chi connectivity index (χ3n) is 8.25. The van der Waals surface area contributed by atoms with Gasteiger partial charge in [-0.2, -0.15) is 8.42 Å². The van der Waals surface area contributed by atoms with E-state index in [1.807, 2.05) is 0 Å². The minimum atomic E-state index is -4.18. The monoisotopic (exact) mass is 576 g/mol. The molecule has 1 aromatic carbocycles. The molecule has 232 valence electrons. The Morgan fingerprint density at radius 3 is 1.40 bits per heavy atom. The summed E-state index contributed by atoms with van der Waals surface area (Å²) in [5.74, 6) is 0. The Kier molecular flexibility index (Phi) is 23.6. The largest absolute Gasteiger partial charge is 0.294 e. The van der Waals surface area contributed by atoms with Crippen LogP contribution < -0.4 is 0 Å². The standard InChI is InChI=1S/C36H64O3S/c1-3-5-7-9-11-13-15-16-17-18-19-20-21-23-25-27-30-34-31-29-33-36(40(37,38)39)35(34)32-28-26-24-22-14-12-10-8-6-4-2/h16-17,29,31,33H,3-15,18-28,30,32H2,1-2H3,(H,37,38,39)/b17-16-. The maximum atomic E-state index is 12.1. The highest BCUT2D eigenvalue weighted by Crippen LogP contribution is 2.25. The number of benzene rings is 1. The summed E-state index contributed by atoms with van der Waals surface area (Å²) in [6.45, 7) is 4.53. The first-order valence-electron chi connectivity index (χ1n) is 17.2. The van der Waals surface area contributed by atoms with Gasteiger partial charge in [0.25, 0.3) is 10.1 Å². The summed E-state index contributed by atoms with van der Waals surface area (Å²) in [5, 5.41) is 0. The minimum Gasteiger partial charge on any atom is -0.282 e. The first kappa shape index (κ1) is 36.9. The van der Waals surface area contributed by atoms with E-state index in [0.29, 0.717) is 0 Å². The molecular formula is C36H64O3S. The molecule has 0 radical (unpaired) electrons. The molecule has 3 nitrogen and oxygen atoms in total. The van der Waals surface area contributed by atoms with Gasteiger partial charge in [-0.3, -0.25) is 4.55 Å². The van der Waals surface area contributed by atoms with E-state index in [1.165, 1.54) is 135 Å². The molecule has 0 unspecified atom stereocenters. The van der Waals surface area contributed by atoms with Crippen molar-refractivity contribution < 1.29 is 13.0 Å². The molecule has 0 atom stereocenters. The van der Waals surface area contributed by atoms with Crippen molar-refractivity contribution in [1.29, 1.82) is 0 Å². The molecule has 40 heavy (non-hydrogen) atoms. The fourth-order valence-electron chi connectivity index (χ4n) is 5.72. The van der Waals surface area contributed by atoms with Crippen molar-refractivity contribution >= 4 is 10.1 Å². The van der Waals surface area contributed by atoms with Crippen LogP contribution in [0, 0.1) is 0 Å². The van der Waals surface area contributed by atoms with Crippen LogP contribution in [0.3, 0.4) is 0 Å². The van der Waals surface area contributed by atoms with Gasteiger partial charge in [0.15, 0.2) is 0 Å². The number of hydrogen-bond donors (Lipinski definition) is 1. The van der Waals surface area contributed by atoms with Crippen molar-refractivity contribution in [3.8, 4) is 0 Å². The number of aryl methyl sites for hydroxylation is 1. The van der Waals surface area contributed by atoms with Crippen LogP contribution in [0.5, 0.6) is 0 Å². The zero-order valence-electron chi connectivity index (χ0n) is 26.4. The lowest BCUT2D eigenvalue weighted by molar-refractivity contribution is 0.481. The summed E-state index contributed by atoms with van der Waals surface area (Å²) >= 11 is 0. The van der Waals surface area contributed by atoms with E-state index in [4.69, 9.17) is 0 Å². The molecule has 1 N–H and O–H groups in total. The van der Waals surface area contributed by atoms with E-state index in [0.717, 1.165) is 43.2 Å². The van der Waals surface area contributed by atoms with E-state index < -0.39 is 10.1 Å². The summed E-state index contributed by atoms with van der Waals surface area (Å²) in [6, 6.07) is 5.44. The molecule has 4 heteroatoms. The van der Waals surface area contributed by atoms with Crippen molar-refractivity contribution in [2.45, 2.75) is 186 Å². The van der Waals surface area contributed by atoms with E-state index in [2.05, 4.69) is 32.1 Å². The number of rotatable bonds is 28. The van der Waals surface area contributed by atoms with Crippen molar-refractivity contribution in [1.82, 2.24) is 0 Å². The van der Waals surface area contributed by atoms with Gasteiger partial charge in [-0.25, -0.2) is 0 Å². The first-order valence-corrected chi connectivity index (χ1v) is 18.7. The summed E-state index contributed by atoms with van der Waals surface area (Å²) in [7, 11) is -4.18. The van der Waals surface area contributed by atoms with Crippen LogP contribution in [0.15, 0.2) is 35.2 Å². The summed E-state index contributed by atoms with van der Waals surface area (Å²) in [4.78, 5) is 0.130. The molecule has 1 aromatic rings. The molecule has 0 amide bonds. The zero-order valence-corrected chi connectivity index (χ0v) is 27.3. The third-order valence-corrected chi connectivity index (χ3v) is 9.18. The Balaban J connectivity index is 2.24. The minimum absolute atomic E-state index is 0.130. The predicted octanol–water partition coefficient (Wildman–Crippen LogP) is 12.0. The number of allylic oxidation sites excluding steroid dienone is 2. The molecule has 0 heterocycles. The second-order valence-corrected chi connectivity index (χ2v) is 13.4. The van der Waals surface area contributed by atoms with Crippen LogP contribution in [0.1, 0.15) is 179 Å². The third kappa shape index (κ3) is 19.9. The van der Waals surface area contributed by atoms with Crippen LogP contribution in [0.4, 0.5) is 0 Å². The Labute approximate surface area is 249 Å². The summed E-state index contributed by atoms with van der Waals surface area (Å²) < 4.78 is 34.0. The first-order chi connectivity index (χ1) is 19.5. The Morgan fingerprint density at radius 1 is 0.550 bits per heavy atom. The van der Waals surface area contributed by atoms with Gasteiger partial charge in [-0.15, -0.1) is 0 Å². The number of hydrogen-bond acceptors (Lipinski definition) is 2. The molecule has 0 aliphatic carbocycles. The molecule has 0 aliphatic heterocycles. The average Bonchev–Trinajstić information content (AvgIpc) is 2.93. The van der Waals surface area contributed by atoms with Gasteiger partial charge in [0.2, 0.25) is 0 Å². The van der Waals surface area contributed by atoms with E-state index in [1.54, 1.807) is 12.1 Å². The average molecular weight is 577 g/mol. The van der Waals surface area contributed by atoms with E-state index in [9.17, 15) is 13.0 Å². The topological polar surface area (TPSA) is 54.4 Å². The summed E-state index contributed by atoms with van der Waals surface area (Å²) in [5.41, 5.74) is 1.97. The van der Waals surface area contributed by atoms with Crippen LogP contribution >= 0.6 is 0 Å². The van der Waals surface area contributed by atoms with E-state index in [-0.39, 0.29) is 4.90 Å². The molecule has 0 spiro atoms. The Bertz CT molecular complexity index is 844. The van der Waals surface area contributed by atoms with Crippen LogP contribution in [0.25, 0.3) is 0 Å². The van der Waals surface area contributed by atoms with Gasteiger partial charge in [-0.05, 0) is 68.6 Å². The highest BCUT2D eigenvalue weighted by Gasteiger charge is 2.17. The SMILES string of the molecule is CCCCCCCC/C=C\CCCCCCCCc1cccc(S(=O)(=O)O)c1CCCCCCCCCCCC. The highest BCUT2D eigenvalue weighted by atomic mass is 32.2. The van der Waals surface area contributed by atoms with Gasteiger partial charge in [-0.1, -0.05) is 154 Å².